The molecule has 1 aromatic carbocycles. The van der Waals surface area contributed by atoms with E-state index < -0.39 is 23.4 Å². The number of halogens is 1. The SMILES string of the molecule is C#CCCCNC(=O)Nc1ccc(C(=O)O)c(F)c1. The molecule has 0 unspecified atom stereocenters. The molecule has 0 heterocycles. The number of rotatable bonds is 5. The maximum atomic E-state index is 13.3. The highest BCUT2D eigenvalue weighted by atomic mass is 19.1. The minimum absolute atomic E-state index is 0.178. The van der Waals surface area contributed by atoms with Crippen molar-refractivity contribution in [2.75, 3.05) is 11.9 Å². The van der Waals surface area contributed by atoms with Gasteiger partial charge < -0.3 is 15.7 Å². The molecule has 5 nitrogen and oxygen atoms in total. The van der Waals surface area contributed by atoms with Crippen LogP contribution in [0.2, 0.25) is 0 Å². The summed E-state index contributed by atoms with van der Waals surface area (Å²) < 4.78 is 13.3. The summed E-state index contributed by atoms with van der Waals surface area (Å²) in [5, 5.41) is 13.6. The minimum atomic E-state index is -1.36. The molecular weight excluding hydrogens is 251 g/mol. The first-order valence-electron chi connectivity index (χ1n) is 5.55. The zero-order chi connectivity index (χ0) is 14.3. The second kappa shape index (κ2) is 7.01. The number of amides is 2. The number of hydrogen-bond acceptors (Lipinski definition) is 2. The zero-order valence-electron chi connectivity index (χ0n) is 10.1. The van der Waals surface area contributed by atoms with Crippen molar-refractivity contribution in [3.05, 3.63) is 29.6 Å². The molecule has 0 fully saturated rings. The summed E-state index contributed by atoms with van der Waals surface area (Å²) in [4.78, 5) is 22.0. The molecule has 1 aromatic rings. The first kappa shape index (κ1) is 14.5. The number of carbonyl (C=O) groups is 2. The van der Waals surface area contributed by atoms with E-state index in [0.29, 0.717) is 19.4 Å². The number of terminal acetylenes is 1. The lowest BCUT2D eigenvalue weighted by atomic mass is 10.2. The molecule has 0 saturated carbocycles. The van der Waals surface area contributed by atoms with Crippen molar-refractivity contribution < 1.29 is 19.1 Å². The summed E-state index contributed by atoms with van der Waals surface area (Å²) in [5.41, 5.74) is -0.267. The summed E-state index contributed by atoms with van der Waals surface area (Å²) in [6.07, 6.45) is 6.26. The largest absolute Gasteiger partial charge is 0.478 e. The van der Waals surface area contributed by atoms with E-state index in [1.165, 1.54) is 6.07 Å². The lowest BCUT2D eigenvalue weighted by Gasteiger charge is -2.07. The fourth-order valence-corrected chi connectivity index (χ4v) is 1.33. The van der Waals surface area contributed by atoms with Gasteiger partial charge in [-0.3, -0.25) is 0 Å². The third-order valence-corrected chi connectivity index (χ3v) is 2.24. The standard InChI is InChI=1S/C13H13FN2O3/c1-2-3-4-7-15-13(19)16-9-5-6-10(12(17)18)11(14)8-9/h1,5-6,8H,3-4,7H2,(H,17,18)(H2,15,16,19). The van der Waals surface area contributed by atoms with Crippen molar-refractivity contribution >= 4 is 17.7 Å². The Bertz CT molecular complexity index is 523. The van der Waals surface area contributed by atoms with Crippen LogP contribution in [0.1, 0.15) is 23.2 Å². The van der Waals surface area contributed by atoms with Crippen molar-refractivity contribution in [1.29, 1.82) is 0 Å². The van der Waals surface area contributed by atoms with E-state index in [0.717, 1.165) is 12.1 Å². The Morgan fingerprint density at radius 1 is 1.42 bits per heavy atom. The van der Waals surface area contributed by atoms with Crippen molar-refractivity contribution in [2.45, 2.75) is 12.8 Å². The average Bonchev–Trinajstić information content (AvgIpc) is 2.34. The Labute approximate surface area is 109 Å². The Hall–Kier alpha value is -2.55. The van der Waals surface area contributed by atoms with Crippen molar-refractivity contribution in [2.24, 2.45) is 0 Å². The van der Waals surface area contributed by atoms with Gasteiger partial charge in [0.05, 0.1) is 5.56 Å². The molecule has 0 aliphatic rings. The van der Waals surface area contributed by atoms with Crippen LogP contribution in [0.25, 0.3) is 0 Å². The molecule has 100 valence electrons. The van der Waals surface area contributed by atoms with E-state index in [-0.39, 0.29) is 5.69 Å². The first-order chi connectivity index (χ1) is 9.04. The highest BCUT2D eigenvalue weighted by molar-refractivity contribution is 5.91. The zero-order valence-corrected chi connectivity index (χ0v) is 10.1. The average molecular weight is 264 g/mol. The Kier molecular flexibility index (Phi) is 5.35. The topological polar surface area (TPSA) is 78.4 Å². The summed E-state index contributed by atoms with van der Waals surface area (Å²) in [6.45, 7) is 0.408. The molecule has 1 rings (SSSR count). The van der Waals surface area contributed by atoms with Gasteiger partial charge in [0.2, 0.25) is 0 Å². The van der Waals surface area contributed by atoms with E-state index in [4.69, 9.17) is 11.5 Å². The summed E-state index contributed by atoms with van der Waals surface area (Å²) >= 11 is 0. The first-order valence-corrected chi connectivity index (χ1v) is 5.55. The Morgan fingerprint density at radius 3 is 2.74 bits per heavy atom. The van der Waals surface area contributed by atoms with Gasteiger partial charge in [-0.25, -0.2) is 14.0 Å². The van der Waals surface area contributed by atoms with Crippen LogP contribution >= 0.6 is 0 Å². The van der Waals surface area contributed by atoms with Gasteiger partial charge in [0.15, 0.2) is 0 Å². The molecule has 6 heteroatoms. The number of hydrogen-bond donors (Lipinski definition) is 3. The van der Waals surface area contributed by atoms with Crippen molar-refractivity contribution in [1.82, 2.24) is 5.32 Å². The molecule has 0 radical (unpaired) electrons. The van der Waals surface area contributed by atoms with Gasteiger partial charge in [-0.2, -0.15) is 0 Å². The van der Waals surface area contributed by atoms with Gasteiger partial charge in [-0.15, -0.1) is 12.3 Å². The fraction of sp³-hybridized carbons (Fsp3) is 0.231. The minimum Gasteiger partial charge on any atom is -0.478 e. The number of benzene rings is 1. The number of carboxylic acid groups (broad SMARTS) is 1. The molecular formula is C13H13FN2O3. The van der Waals surface area contributed by atoms with E-state index >= 15 is 0 Å². The van der Waals surface area contributed by atoms with Gasteiger partial charge in [0, 0.05) is 18.7 Å². The second-order valence-corrected chi connectivity index (χ2v) is 3.69. The van der Waals surface area contributed by atoms with Crippen LogP contribution in [0.15, 0.2) is 18.2 Å². The maximum Gasteiger partial charge on any atom is 0.338 e. The Balaban J connectivity index is 2.54. The lowest BCUT2D eigenvalue weighted by Crippen LogP contribution is -2.29. The molecule has 0 bridgehead atoms. The van der Waals surface area contributed by atoms with E-state index in [9.17, 15) is 14.0 Å². The molecule has 3 N–H and O–H groups in total. The predicted molar refractivity (Wildman–Crippen MR) is 68.4 cm³/mol. The quantitative estimate of drug-likeness (QED) is 0.562. The van der Waals surface area contributed by atoms with Crippen LogP contribution in [-0.4, -0.2) is 23.7 Å². The van der Waals surface area contributed by atoms with Crippen LogP contribution in [-0.2, 0) is 0 Å². The van der Waals surface area contributed by atoms with Crippen LogP contribution in [0.3, 0.4) is 0 Å². The van der Waals surface area contributed by atoms with Gasteiger partial charge in [0.25, 0.3) is 0 Å². The number of aromatic carboxylic acids is 1. The molecule has 0 aromatic heterocycles. The van der Waals surface area contributed by atoms with Gasteiger partial charge in [-0.05, 0) is 24.6 Å². The molecule has 0 spiro atoms. The number of carbonyl (C=O) groups excluding carboxylic acids is 1. The molecule has 0 saturated heterocycles. The highest BCUT2D eigenvalue weighted by Gasteiger charge is 2.11. The summed E-state index contributed by atoms with van der Waals surface area (Å²) in [6, 6.07) is 2.85. The normalized spacial score (nSPS) is 9.47. The Morgan fingerprint density at radius 2 is 2.16 bits per heavy atom. The van der Waals surface area contributed by atoms with Crippen LogP contribution in [0.5, 0.6) is 0 Å². The number of urea groups is 1. The van der Waals surface area contributed by atoms with Crippen LogP contribution in [0, 0.1) is 18.2 Å². The monoisotopic (exact) mass is 264 g/mol. The molecule has 0 aliphatic carbocycles. The van der Waals surface area contributed by atoms with Gasteiger partial charge in [0.1, 0.15) is 5.82 Å². The van der Waals surface area contributed by atoms with Crippen LogP contribution in [0.4, 0.5) is 14.9 Å². The third-order valence-electron chi connectivity index (χ3n) is 2.24. The van der Waals surface area contributed by atoms with Gasteiger partial charge >= 0.3 is 12.0 Å². The van der Waals surface area contributed by atoms with Crippen molar-refractivity contribution in [3.63, 3.8) is 0 Å². The van der Waals surface area contributed by atoms with Crippen molar-refractivity contribution in [3.8, 4) is 12.3 Å². The molecule has 2 amide bonds. The number of unbranched alkanes of at least 4 members (excludes halogenated alkanes) is 1. The second-order valence-electron chi connectivity index (χ2n) is 3.69. The molecule has 0 atom stereocenters. The smallest absolute Gasteiger partial charge is 0.338 e. The molecule has 0 aliphatic heterocycles. The maximum absolute atomic E-state index is 13.3. The fourth-order valence-electron chi connectivity index (χ4n) is 1.33. The number of carboxylic acids is 1. The summed E-state index contributed by atoms with van der Waals surface area (Å²) in [7, 11) is 0. The molecule has 19 heavy (non-hydrogen) atoms. The summed E-state index contributed by atoms with van der Waals surface area (Å²) in [5.74, 6) is 0.175. The number of anilines is 1. The highest BCUT2D eigenvalue weighted by Crippen LogP contribution is 2.14. The predicted octanol–water partition coefficient (Wildman–Crippen LogP) is 2.06. The number of nitrogens with one attached hydrogen (secondary N) is 2. The lowest BCUT2D eigenvalue weighted by molar-refractivity contribution is 0.0692. The van der Waals surface area contributed by atoms with E-state index in [1.54, 1.807) is 0 Å². The van der Waals surface area contributed by atoms with E-state index in [1.807, 2.05) is 0 Å². The van der Waals surface area contributed by atoms with E-state index in [2.05, 4.69) is 16.6 Å². The van der Waals surface area contributed by atoms with Gasteiger partial charge in [-0.1, -0.05) is 0 Å². The third kappa shape index (κ3) is 4.68. The van der Waals surface area contributed by atoms with Crippen LogP contribution < -0.4 is 10.6 Å².